The second kappa shape index (κ2) is 3.77. The molecule has 1 amide bonds. The SMILES string of the molecule is CC1(C)CCCN(C(=O)CBr)C1. The lowest BCUT2D eigenvalue weighted by atomic mass is 9.84. The van der Waals surface area contributed by atoms with E-state index in [0.717, 1.165) is 19.5 Å². The van der Waals surface area contributed by atoms with Crippen LogP contribution in [0.1, 0.15) is 26.7 Å². The van der Waals surface area contributed by atoms with Crippen molar-refractivity contribution in [2.24, 2.45) is 5.41 Å². The number of carbonyl (C=O) groups excluding carboxylic acids is 1. The molecule has 1 aliphatic rings. The van der Waals surface area contributed by atoms with Gasteiger partial charge in [-0.15, -0.1) is 0 Å². The Morgan fingerprint density at radius 2 is 2.25 bits per heavy atom. The molecule has 1 rings (SSSR count). The van der Waals surface area contributed by atoms with Crippen molar-refractivity contribution in [1.29, 1.82) is 0 Å². The van der Waals surface area contributed by atoms with Gasteiger partial charge >= 0.3 is 0 Å². The maximum atomic E-state index is 11.3. The molecule has 1 saturated heterocycles. The molecule has 0 unspecified atom stereocenters. The second-order valence-corrected chi connectivity index (χ2v) is 4.78. The van der Waals surface area contributed by atoms with Gasteiger partial charge in [0.05, 0.1) is 5.33 Å². The maximum absolute atomic E-state index is 11.3. The average molecular weight is 234 g/mol. The molecule has 12 heavy (non-hydrogen) atoms. The summed E-state index contributed by atoms with van der Waals surface area (Å²) in [6, 6.07) is 0. The third kappa shape index (κ3) is 2.47. The fourth-order valence-corrected chi connectivity index (χ4v) is 2.08. The van der Waals surface area contributed by atoms with Crippen LogP contribution < -0.4 is 0 Å². The van der Waals surface area contributed by atoms with E-state index in [1.54, 1.807) is 0 Å². The lowest BCUT2D eigenvalue weighted by molar-refractivity contribution is -0.131. The van der Waals surface area contributed by atoms with Crippen LogP contribution in [-0.4, -0.2) is 29.2 Å². The number of piperidine rings is 1. The number of carbonyl (C=O) groups is 1. The zero-order valence-corrected chi connectivity index (χ0v) is 9.35. The van der Waals surface area contributed by atoms with Gasteiger partial charge in [0.25, 0.3) is 0 Å². The van der Waals surface area contributed by atoms with Crippen molar-refractivity contribution in [3.63, 3.8) is 0 Å². The Morgan fingerprint density at radius 1 is 1.58 bits per heavy atom. The lowest BCUT2D eigenvalue weighted by Crippen LogP contribution is -2.44. The number of alkyl halides is 1. The number of nitrogens with zero attached hydrogens (tertiary/aromatic N) is 1. The topological polar surface area (TPSA) is 20.3 Å². The third-order valence-corrected chi connectivity index (χ3v) is 2.85. The van der Waals surface area contributed by atoms with E-state index in [9.17, 15) is 4.79 Å². The van der Waals surface area contributed by atoms with Crippen molar-refractivity contribution in [3.05, 3.63) is 0 Å². The molecular weight excluding hydrogens is 218 g/mol. The predicted molar refractivity (Wildman–Crippen MR) is 53.4 cm³/mol. The summed E-state index contributed by atoms with van der Waals surface area (Å²) in [5, 5.41) is 0.461. The van der Waals surface area contributed by atoms with E-state index in [0.29, 0.717) is 10.7 Å². The second-order valence-electron chi connectivity index (χ2n) is 4.22. The first-order valence-corrected chi connectivity index (χ1v) is 5.51. The van der Waals surface area contributed by atoms with E-state index in [4.69, 9.17) is 0 Å². The van der Waals surface area contributed by atoms with Crippen molar-refractivity contribution >= 4 is 21.8 Å². The van der Waals surface area contributed by atoms with Crippen LogP contribution in [0, 0.1) is 5.41 Å². The summed E-state index contributed by atoms with van der Waals surface area (Å²) in [5.74, 6) is 0.225. The molecule has 0 N–H and O–H groups in total. The molecule has 1 fully saturated rings. The molecule has 0 radical (unpaired) electrons. The van der Waals surface area contributed by atoms with E-state index < -0.39 is 0 Å². The van der Waals surface area contributed by atoms with E-state index in [2.05, 4.69) is 29.8 Å². The van der Waals surface area contributed by atoms with Gasteiger partial charge in [0.1, 0.15) is 0 Å². The molecule has 3 heteroatoms. The number of amides is 1. The fourth-order valence-electron chi connectivity index (χ4n) is 1.72. The molecule has 0 saturated carbocycles. The summed E-state index contributed by atoms with van der Waals surface area (Å²) in [5.41, 5.74) is 0.316. The third-order valence-electron chi connectivity index (χ3n) is 2.37. The summed E-state index contributed by atoms with van der Waals surface area (Å²) in [7, 11) is 0. The van der Waals surface area contributed by atoms with Crippen LogP contribution in [0.25, 0.3) is 0 Å². The molecule has 1 heterocycles. The predicted octanol–water partition coefficient (Wildman–Crippen LogP) is 2.03. The molecule has 0 aromatic heterocycles. The summed E-state index contributed by atoms with van der Waals surface area (Å²) in [6.07, 6.45) is 2.38. The Morgan fingerprint density at radius 3 is 2.75 bits per heavy atom. The first-order chi connectivity index (χ1) is 5.55. The van der Waals surface area contributed by atoms with Gasteiger partial charge in [0.2, 0.25) is 5.91 Å². The Hall–Kier alpha value is -0.0500. The molecular formula is C9H16BrNO. The van der Waals surface area contributed by atoms with Gasteiger partial charge in [-0.3, -0.25) is 4.79 Å². The summed E-state index contributed by atoms with van der Waals surface area (Å²) >= 11 is 3.20. The number of hydrogen-bond acceptors (Lipinski definition) is 1. The molecule has 0 aromatic carbocycles. The van der Waals surface area contributed by atoms with Gasteiger partial charge in [-0.25, -0.2) is 0 Å². The molecule has 1 aliphatic heterocycles. The highest BCUT2D eigenvalue weighted by Gasteiger charge is 2.28. The van der Waals surface area contributed by atoms with Crippen molar-refractivity contribution in [2.45, 2.75) is 26.7 Å². The molecule has 2 nitrogen and oxygen atoms in total. The Kier molecular flexibility index (Phi) is 3.16. The van der Waals surface area contributed by atoms with Crippen molar-refractivity contribution in [2.75, 3.05) is 18.4 Å². The normalized spacial score (nSPS) is 22.4. The van der Waals surface area contributed by atoms with Gasteiger partial charge in [-0.1, -0.05) is 29.8 Å². The zero-order valence-electron chi connectivity index (χ0n) is 7.77. The van der Waals surface area contributed by atoms with E-state index in [-0.39, 0.29) is 5.91 Å². The Bertz CT molecular complexity index is 179. The molecule has 70 valence electrons. The minimum Gasteiger partial charge on any atom is -0.341 e. The monoisotopic (exact) mass is 233 g/mol. The van der Waals surface area contributed by atoms with Crippen LogP contribution in [0.3, 0.4) is 0 Å². The van der Waals surface area contributed by atoms with Crippen molar-refractivity contribution in [3.8, 4) is 0 Å². The van der Waals surface area contributed by atoms with E-state index in [1.165, 1.54) is 6.42 Å². The summed E-state index contributed by atoms with van der Waals surface area (Å²) in [4.78, 5) is 13.3. The van der Waals surface area contributed by atoms with Gasteiger partial charge < -0.3 is 4.90 Å². The van der Waals surface area contributed by atoms with Crippen molar-refractivity contribution < 1.29 is 4.79 Å². The smallest absolute Gasteiger partial charge is 0.233 e. The van der Waals surface area contributed by atoms with Gasteiger partial charge in [0, 0.05) is 13.1 Å². The minimum absolute atomic E-state index is 0.225. The minimum atomic E-state index is 0.225. The van der Waals surface area contributed by atoms with Gasteiger partial charge in [-0.2, -0.15) is 0 Å². The fraction of sp³-hybridized carbons (Fsp3) is 0.889. The highest BCUT2D eigenvalue weighted by atomic mass is 79.9. The first kappa shape index (κ1) is 10.0. The van der Waals surface area contributed by atoms with Crippen LogP contribution in [0.5, 0.6) is 0 Å². The van der Waals surface area contributed by atoms with Crippen LogP contribution in [0.4, 0.5) is 0 Å². The summed E-state index contributed by atoms with van der Waals surface area (Å²) < 4.78 is 0. The molecule has 0 atom stereocenters. The average Bonchev–Trinajstić information content (AvgIpc) is 2.01. The highest BCUT2D eigenvalue weighted by Crippen LogP contribution is 2.28. The number of halogens is 1. The lowest BCUT2D eigenvalue weighted by Gasteiger charge is -2.37. The number of rotatable bonds is 1. The summed E-state index contributed by atoms with van der Waals surface area (Å²) in [6.45, 7) is 6.30. The van der Waals surface area contributed by atoms with Crippen LogP contribution >= 0.6 is 15.9 Å². The Balaban J connectivity index is 2.52. The molecule has 0 aromatic rings. The zero-order chi connectivity index (χ0) is 9.19. The number of likely N-dealkylation sites (tertiary alicyclic amines) is 1. The van der Waals surface area contributed by atoms with E-state index in [1.807, 2.05) is 4.90 Å². The van der Waals surface area contributed by atoms with Crippen LogP contribution in [-0.2, 0) is 4.79 Å². The van der Waals surface area contributed by atoms with Crippen LogP contribution in [0.2, 0.25) is 0 Å². The number of hydrogen-bond donors (Lipinski definition) is 0. The van der Waals surface area contributed by atoms with Crippen molar-refractivity contribution in [1.82, 2.24) is 4.90 Å². The quantitative estimate of drug-likeness (QED) is 0.635. The standard InChI is InChI=1S/C9H16BrNO/c1-9(2)4-3-5-11(7-9)8(12)6-10/h3-7H2,1-2H3. The van der Waals surface area contributed by atoms with Gasteiger partial charge in [-0.05, 0) is 18.3 Å². The van der Waals surface area contributed by atoms with Crippen LogP contribution in [0.15, 0.2) is 0 Å². The van der Waals surface area contributed by atoms with E-state index >= 15 is 0 Å². The molecule has 0 aliphatic carbocycles. The largest absolute Gasteiger partial charge is 0.341 e. The molecule has 0 spiro atoms. The van der Waals surface area contributed by atoms with Gasteiger partial charge in [0.15, 0.2) is 0 Å². The molecule has 0 bridgehead atoms. The first-order valence-electron chi connectivity index (χ1n) is 4.39. The maximum Gasteiger partial charge on any atom is 0.233 e. The Labute approximate surface area is 82.4 Å². The highest BCUT2D eigenvalue weighted by molar-refractivity contribution is 9.09.